The Morgan fingerprint density at radius 3 is 1.85 bits per heavy atom. The predicted molar refractivity (Wildman–Crippen MR) is 340 cm³/mol. The first-order valence-corrected chi connectivity index (χ1v) is 28.3. The Balaban J connectivity index is 1.09. The van der Waals surface area contributed by atoms with Crippen LogP contribution in [0.25, 0.3) is 61.0 Å². The number of quaternary nitrogens is 2. The number of para-hydroxylation sites is 2. The molecule has 80 heavy (non-hydrogen) atoms. The topological polar surface area (TPSA) is 27.1 Å². The lowest BCUT2D eigenvalue weighted by Crippen LogP contribution is -2.67. The van der Waals surface area contributed by atoms with E-state index in [0.717, 1.165) is 83.6 Å². The SMILES string of the molecule is [2H]c1c([2H])c([2H])c(-c2cccc(-c3cc(C(C)(C)C)cc(C(C)(C)C)c3)c2[N@+]23[CH-][N@+](c4cc(Oc5ccc6c7cc(-c8ccccc8)ccc7n(-c7cc(C(C)(C)C)ccn7)c6c5)cc(C(C)(C)C)c4)(C2)c2cccc(C([2H])([2H])C(C)C)c23)c([2H])c1[2H]. The molecule has 0 amide bonds. The van der Waals surface area contributed by atoms with Crippen molar-refractivity contribution < 1.29 is 14.3 Å². The molecule has 1 saturated heterocycles. The first-order valence-electron chi connectivity index (χ1n) is 31.8. The van der Waals surface area contributed by atoms with Gasteiger partial charge in [0.1, 0.15) is 28.7 Å². The zero-order chi connectivity index (χ0) is 62.5. The Labute approximate surface area is 486 Å². The van der Waals surface area contributed by atoms with Crippen LogP contribution >= 0.6 is 0 Å². The zero-order valence-corrected chi connectivity index (χ0v) is 49.1. The number of pyridine rings is 1. The molecular formula is C75H79N4O+. The van der Waals surface area contributed by atoms with E-state index in [1.165, 1.54) is 5.56 Å². The molecule has 5 heterocycles. The Kier molecular flexibility index (Phi) is 10.8. The van der Waals surface area contributed by atoms with Crippen molar-refractivity contribution in [2.75, 3.05) is 6.67 Å². The molecule has 404 valence electrons. The van der Waals surface area contributed by atoms with Crippen molar-refractivity contribution in [1.29, 1.82) is 0 Å². The van der Waals surface area contributed by atoms with Crippen LogP contribution in [0.15, 0.2) is 188 Å². The van der Waals surface area contributed by atoms with E-state index in [9.17, 15) is 5.48 Å². The minimum absolute atomic E-state index is 0.0314. The van der Waals surface area contributed by atoms with Gasteiger partial charge in [-0.15, -0.1) is 0 Å². The molecule has 0 saturated carbocycles. The van der Waals surface area contributed by atoms with Crippen LogP contribution in [0, 0.1) is 12.6 Å². The van der Waals surface area contributed by atoms with E-state index in [0.29, 0.717) is 35.0 Å². The van der Waals surface area contributed by atoms with Gasteiger partial charge in [-0.1, -0.05) is 200 Å². The molecule has 0 radical (unpaired) electrons. The third-order valence-electron chi connectivity index (χ3n) is 16.4. The Morgan fingerprint density at radius 2 is 1.19 bits per heavy atom. The smallest absolute Gasteiger partial charge is 0.186 e. The number of nitrogens with zero attached hydrogens (tertiary/aromatic N) is 4. The third-order valence-corrected chi connectivity index (χ3v) is 16.4. The molecule has 5 nitrogen and oxygen atoms in total. The first kappa shape index (κ1) is 45.2. The number of aromatic nitrogens is 2. The lowest BCUT2D eigenvalue weighted by molar-refractivity contribution is 0.187. The molecule has 2 bridgehead atoms. The standard InChI is InChI=1S/C75H79N4O/c1-49(2)37-53-27-21-30-68-70(53)79(71-62(51-25-19-16-20-26-51)28-22-29-63(71)54-38-56(73(6,7)8)41-57(39-54)74(9,10)11)47-78(68,48-79)59-42-58(75(12,13)14)43-61(45-59)80-60-32-33-64-65-40-52(50-23-17-15-18-24-50)31-34-66(65)77(67(64)46-60)69-44-55(35-36-76-69)72(3,4)5/h15-36,38-47,49H,37,48H2,1-14H3/q+1/t78-,79-/m1/s1/i16D,19D,20D,25D,26D,37D2. The monoisotopic (exact) mass is 1060 g/mol. The average Bonchev–Trinajstić information content (AvgIpc) is 1.49. The molecular weight excluding hydrogens is 973 g/mol. The lowest BCUT2D eigenvalue weighted by Gasteiger charge is -2.57. The summed E-state index contributed by atoms with van der Waals surface area (Å²) in [5, 5.41) is 2.17. The highest BCUT2D eigenvalue weighted by Gasteiger charge is 2.65. The molecule has 0 aliphatic carbocycles. The van der Waals surface area contributed by atoms with E-state index in [4.69, 9.17) is 13.8 Å². The second-order valence-corrected chi connectivity index (χ2v) is 26.8. The van der Waals surface area contributed by atoms with Crippen LogP contribution in [0.4, 0.5) is 22.7 Å². The fourth-order valence-electron chi connectivity index (χ4n) is 12.2. The van der Waals surface area contributed by atoms with E-state index in [1.807, 2.05) is 50.4 Å². The van der Waals surface area contributed by atoms with E-state index in [-0.39, 0.29) is 48.3 Å². The van der Waals surface area contributed by atoms with E-state index in [2.05, 4.69) is 216 Å². The summed E-state index contributed by atoms with van der Waals surface area (Å²) in [7, 11) is 0. The summed E-state index contributed by atoms with van der Waals surface area (Å²) in [6.45, 7) is 33.0. The summed E-state index contributed by atoms with van der Waals surface area (Å²) < 4.78 is 75.6. The van der Waals surface area contributed by atoms with Gasteiger partial charge >= 0.3 is 0 Å². The molecule has 5 heteroatoms. The predicted octanol–water partition coefficient (Wildman–Crippen LogP) is 20.7. The van der Waals surface area contributed by atoms with Gasteiger partial charge < -0.3 is 4.74 Å². The number of rotatable bonds is 10. The van der Waals surface area contributed by atoms with Gasteiger partial charge in [0.2, 0.25) is 0 Å². The van der Waals surface area contributed by atoms with E-state index in [1.54, 1.807) is 0 Å². The fraction of sp³-hybridized carbons (Fsp3) is 0.280. The van der Waals surface area contributed by atoms with Crippen LogP contribution < -0.4 is 13.7 Å². The number of ether oxygens (including phenoxy) is 1. The maximum absolute atomic E-state index is 10.00. The summed E-state index contributed by atoms with van der Waals surface area (Å²) in [6.07, 6.45) is 0.0809. The van der Waals surface area contributed by atoms with Gasteiger partial charge in [0.25, 0.3) is 0 Å². The molecule has 2 atom stereocenters. The van der Waals surface area contributed by atoms with E-state index < -0.39 is 30.4 Å². The zero-order valence-electron chi connectivity index (χ0n) is 56.1. The normalized spacial score (nSPS) is 18.7. The molecule has 0 spiro atoms. The van der Waals surface area contributed by atoms with Crippen LogP contribution in [0.5, 0.6) is 11.5 Å². The number of hydrogen-bond donors (Lipinski definition) is 0. The Bertz CT molecular complexity index is 4370. The van der Waals surface area contributed by atoms with Crippen LogP contribution in [-0.2, 0) is 28.0 Å². The minimum atomic E-state index is -1.82. The largest absolute Gasteiger partial charge is 0.457 e. The summed E-state index contributed by atoms with van der Waals surface area (Å²) in [4.78, 5) is 5.01. The molecule has 3 aliphatic rings. The quantitative estimate of drug-likeness (QED) is 0.101. The Morgan fingerprint density at radius 1 is 0.537 bits per heavy atom. The fourth-order valence-corrected chi connectivity index (χ4v) is 12.2. The summed E-state index contributed by atoms with van der Waals surface area (Å²) in [5.41, 5.74) is 14.0. The van der Waals surface area contributed by atoms with Gasteiger partial charge in [-0.05, 0) is 133 Å². The van der Waals surface area contributed by atoms with Crippen molar-refractivity contribution in [2.24, 2.45) is 5.92 Å². The number of fused-ring (bicyclic) bond motifs is 3. The summed E-state index contributed by atoms with van der Waals surface area (Å²) in [6, 6.07) is 51.1. The van der Waals surface area contributed by atoms with Crippen molar-refractivity contribution in [3.63, 3.8) is 0 Å². The van der Waals surface area contributed by atoms with Gasteiger partial charge in [0.15, 0.2) is 18.0 Å². The summed E-state index contributed by atoms with van der Waals surface area (Å²) in [5.74, 6) is 1.68. The summed E-state index contributed by atoms with van der Waals surface area (Å²) >= 11 is 0. The molecule has 13 rings (SSSR count). The molecule has 3 aliphatic heterocycles. The van der Waals surface area contributed by atoms with Gasteiger partial charge in [0.05, 0.1) is 24.6 Å². The van der Waals surface area contributed by atoms with Crippen LogP contribution in [0.1, 0.15) is 134 Å². The molecule has 1 fully saturated rings. The van der Waals surface area contributed by atoms with Crippen molar-refractivity contribution in [3.05, 3.63) is 223 Å². The maximum atomic E-state index is 10.00. The van der Waals surface area contributed by atoms with Gasteiger partial charge in [0, 0.05) is 60.7 Å². The van der Waals surface area contributed by atoms with Crippen molar-refractivity contribution >= 4 is 44.6 Å². The van der Waals surface area contributed by atoms with Gasteiger partial charge in [-0.2, -0.15) is 0 Å². The number of hydrogen-bond acceptors (Lipinski definition) is 2. The molecule has 8 aromatic carbocycles. The minimum Gasteiger partial charge on any atom is -0.457 e. The first-order chi connectivity index (χ1) is 40.7. The van der Waals surface area contributed by atoms with Gasteiger partial charge in [-0.3, -0.25) is 13.5 Å². The molecule has 10 aromatic rings. The van der Waals surface area contributed by atoms with Gasteiger partial charge in [-0.25, -0.2) is 4.98 Å². The maximum Gasteiger partial charge on any atom is 0.186 e. The second kappa shape index (κ2) is 19.0. The lowest BCUT2D eigenvalue weighted by atomic mass is 9.78. The molecule has 2 aromatic heterocycles. The average molecular weight is 1060 g/mol. The third kappa shape index (κ3) is 9.17. The highest BCUT2D eigenvalue weighted by Crippen LogP contribution is 2.69. The second-order valence-electron chi connectivity index (χ2n) is 26.8. The molecule has 0 unspecified atom stereocenters. The molecule has 0 N–H and O–H groups in total. The van der Waals surface area contributed by atoms with Crippen LogP contribution in [0.3, 0.4) is 0 Å². The van der Waals surface area contributed by atoms with Crippen LogP contribution in [-0.4, -0.2) is 16.2 Å². The highest BCUT2D eigenvalue weighted by molar-refractivity contribution is 6.11. The van der Waals surface area contributed by atoms with Crippen molar-refractivity contribution in [1.82, 2.24) is 18.5 Å². The number of benzene rings is 8. The van der Waals surface area contributed by atoms with Crippen molar-refractivity contribution in [3.8, 4) is 50.7 Å². The Hall–Kier alpha value is -7.57. The van der Waals surface area contributed by atoms with Crippen LogP contribution in [0.2, 0.25) is 0 Å². The van der Waals surface area contributed by atoms with Crippen molar-refractivity contribution in [2.45, 2.75) is 125 Å². The van der Waals surface area contributed by atoms with E-state index >= 15 is 0 Å². The highest BCUT2D eigenvalue weighted by atomic mass is 16.5.